The maximum absolute atomic E-state index is 12.9. The highest BCUT2D eigenvalue weighted by atomic mass is 35.5. The van der Waals surface area contributed by atoms with Gasteiger partial charge in [-0.1, -0.05) is 54.1 Å². The molecule has 4 nitrogen and oxygen atoms in total. The van der Waals surface area contributed by atoms with E-state index in [1.54, 1.807) is 0 Å². The van der Waals surface area contributed by atoms with Gasteiger partial charge < -0.3 is 10.2 Å². The second-order valence-electron chi connectivity index (χ2n) is 7.55. The van der Waals surface area contributed by atoms with Crippen LogP contribution in [-0.4, -0.2) is 47.5 Å². The fourth-order valence-corrected chi connectivity index (χ4v) is 3.99. The summed E-state index contributed by atoms with van der Waals surface area (Å²) in [5.74, 6) is 0. The van der Waals surface area contributed by atoms with Crippen molar-refractivity contribution in [3.05, 3.63) is 70.7 Å². The quantitative estimate of drug-likeness (QED) is 0.848. The number of nitrogens with one attached hydrogen (secondary N) is 1. The Morgan fingerprint density at radius 3 is 2.44 bits per heavy atom. The van der Waals surface area contributed by atoms with E-state index < -0.39 is 0 Å². The molecule has 1 aliphatic carbocycles. The van der Waals surface area contributed by atoms with E-state index in [4.69, 9.17) is 11.6 Å². The lowest BCUT2D eigenvalue weighted by molar-refractivity contribution is 0.0891. The van der Waals surface area contributed by atoms with Gasteiger partial charge in [0.25, 0.3) is 0 Å². The maximum atomic E-state index is 12.9. The molecule has 27 heavy (non-hydrogen) atoms. The van der Waals surface area contributed by atoms with Crippen molar-refractivity contribution in [3.8, 4) is 0 Å². The number of hydrogen-bond acceptors (Lipinski definition) is 2. The van der Waals surface area contributed by atoms with Crippen LogP contribution in [0, 0.1) is 0 Å². The molecule has 2 aromatic rings. The normalized spacial score (nSPS) is 20.5. The van der Waals surface area contributed by atoms with Crippen molar-refractivity contribution in [3.63, 3.8) is 0 Å². The molecule has 1 aliphatic heterocycles. The van der Waals surface area contributed by atoms with E-state index in [2.05, 4.69) is 34.5 Å². The van der Waals surface area contributed by atoms with Gasteiger partial charge in [0, 0.05) is 37.2 Å². The Kier molecular flexibility index (Phi) is 5.65. The van der Waals surface area contributed by atoms with Gasteiger partial charge in [-0.05, 0) is 42.5 Å². The van der Waals surface area contributed by atoms with Crippen molar-refractivity contribution in [1.82, 2.24) is 15.1 Å². The van der Waals surface area contributed by atoms with Gasteiger partial charge in [-0.15, -0.1) is 0 Å². The van der Waals surface area contributed by atoms with Crippen LogP contribution in [0.4, 0.5) is 4.79 Å². The summed E-state index contributed by atoms with van der Waals surface area (Å²) in [5.41, 5.74) is 2.35. The second-order valence-corrected chi connectivity index (χ2v) is 7.98. The first-order valence-electron chi connectivity index (χ1n) is 9.76. The second kappa shape index (κ2) is 8.32. The Labute approximate surface area is 166 Å². The molecule has 0 bridgehead atoms. The molecule has 1 atom stereocenters. The molecule has 2 aromatic carbocycles. The average Bonchev–Trinajstić information content (AvgIpc) is 3.53. The minimum Gasteiger partial charge on any atom is -0.334 e. The molecule has 1 saturated carbocycles. The number of halogens is 1. The van der Waals surface area contributed by atoms with Crippen LogP contribution >= 0.6 is 11.6 Å². The third-order valence-electron chi connectivity index (χ3n) is 5.51. The van der Waals surface area contributed by atoms with Crippen LogP contribution in [0.25, 0.3) is 0 Å². The lowest BCUT2D eigenvalue weighted by atomic mass is 10.0. The average molecular weight is 384 g/mol. The van der Waals surface area contributed by atoms with Crippen molar-refractivity contribution in [2.75, 3.05) is 19.6 Å². The zero-order valence-corrected chi connectivity index (χ0v) is 16.2. The summed E-state index contributed by atoms with van der Waals surface area (Å²) in [7, 11) is 0. The molecule has 1 saturated heterocycles. The molecule has 0 radical (unpaired) electrons. The summed E-state index contributed by atoms with van der Waals surface area (Å²) in [6.07, 6.45) is 3.51. The van der Waals surface area contributed by atoms with Crippen molar-refractivity contribution < 1.29 is 4.79 Å². The third-order valence-corrected chi connectivity index (χ3v) is 5.76. The van der Waals surface area contributed by atoms with Crippen LogP contribution in [-0.2, 0) is 13.0 Å². The molecular weight excluding hydrogens is 358 g/mol. The number of hydrogen-bond donors (Lipinski definition) is 1. The minimum atomic E-state index is 0.0290. The molecule has 2 fully saturated rings. The van der Waals surface area contributed by atoms with Gasteiger partial charge in [-0.2, -0.15) is 0 Å². The molecule has 1 N–H and O–H groups in total. The zero-order valence-electron chi connectivity index (χ0n) is 15.5. The predicted molar refractivity (Wildman–Crippen MR) is 109 cm³/mol. The van der Waals surface area contributed by atoms with Gasteiger partial charge in [-0.25, -0.2) is 4.79 Å². The number of piperazine rings is 1. The molecule has 142 valence electrons. The summed E-state index contributed by atoms with van der Waals surface area (Å²) < 4.78 is 0. The summed E-state index contributed by atoms with van der Waals surface area (Å²) in [6.45, 7) is 3.26. The van der Waals surface area contributed by atoms with Crippen LogP contribution < -0.4 is 5.32 Å². The first-order valence-corrected chi connectivity index (χ1v) is 10.1. The van der Waals surface area contributed by atoms with E-state index in [1.165, 1.54) is 18.4 Å². The fourth-order valence-electron chi connectivity index (χ4n) is 3.86. The topological polar surface area (TPSA) is 35.6 Å². The number of benzene rings is 2. The number of nitrogens with zero attached hydrogens (tertiary/aromatic N) is 2. The minimum absolute atomic E-state index is 0.0290. The number of carbonyl (C=O) groups excluding carboxylic acids is 1. The number of amides is 2. The zero-order chi connectivity index (χ0) is 18.6. The first kappa shape index (κ1) is 18.3. The van der Waals surface area contributed by atoms with E-state index in [9.17, 15) is 4.79 Å². The van der Waals surface area contributed by atoms with E-state index >= 15 is 0 Å². The van der Waals surface area contributed by atoms with Crippen molar-refractivity contribution >= 4 is 17.6 Å². The van der Waals surface area contributed by atoms with Crippen molar-refractivity contribution in [1.29, 1.82) is 0 Å². The lowest BCUT2D eigenvalue weighted by Crippen LogP contribution is -2.58. The molecule has 2 aliphatic rings. The summed E-state index contributed by atoms with van der Waals surface area (Å²) in [4.78, 5) is 17.5. The summed E-state index contributed by atoms with van der Waals surface area (Å²) in [5, 5.41) is 3.80. The van der Waals surface area contributed by atoms with Crippen LogP contribution in [0.15, 0.2) is 54.6 Å². The Morgan fingerprint density at radius 1 is 1.00 bits per heavy atom. The molecule has 4 rings (SSSR count). The van der Waals surface area contributed by atoms with Gasteiger partial charge in [0.2, 0.25) is 0 Å². The molecular formula is C22H26ClN3O. The summed E-state index contributed by atoms with van der Waals surface area (Å²) >= 11 is 5.94. The Morgan fingerprint density at radius 2 is 1.74 bits per heavy atom. The lowest BCUT2D eigenvalue weighted by Gasteiger charge is -2.41. The highest BCUT2D eigenvalue weighted by Crippen LogP contribution is 2.29. The van der Waals surface area contributed by atoms with E-state index in [0.29, 0.717) is 11.6 Å². The standard InChI is InChI=1S/C22H26ClN3O/c23-19-8-6-18(7-9-19)15-24-22(27)26-13-12-25(20-10-11-20)16-21(26)14-17-4-2-1-3-5-17/h1-9,20-21H,10-16H2,(H,24,27). The van der Waals surface area contributed by atoms with Gasteiger partial charge in [-0.3, -0.25) is 4.90 Å². The van der Waals surface area contributed by atoms with E-state index in [-0.39, 0.29) is 12.1 Å². The van der Waals surface area contributed by atoms with Gasteiger partial charge in [0.05, 0.1) is 6.04 Å². The monoisotopic (exact) mass is 383 g/mol. The van der Waals surface area contributed by atoms with E-state index in [0.717, 1.165) is 37.7 Å². The van der Waals surface area contributed by atoms with Crippen LogP contribution in [0.2, 0.25) is 5.02 Å². The Bertz CT molecular complexity index is 761. The van der Waals surface area contributed by atoms with Crippen LogP contribution in [0.5, 0.6) is 0 Å². The first-order chi connectivity index (χ1) is 13.2. The highest BCUT2D eigenvalue weighted by molar-refractivity contribution is 6.30. The van der Waals surface area contributed by atoms with Crippen LogP contribution in [0.1, 0.15) is 24.0 Å². The fraction of sp³-hybridized carbons (Fsp3) is 0.409. The smallest absolute Gasteiger partial charge is 0.318 e. The molecule has 5 heteroatoms. The van der Waals surface area contributed by atoms with Gasteiger partial charge in [0.15, 0.2) is 0 Å². The molecule has 1 heterocycles. The predicted octanol–water partition coefficient (Wildman–Crippen LogP) is 3.94. The Hall–Kier alpha value is -2.04. The summed E-state index contributed by atoms with van der Waals surface area (Å²) in [6, 6.07) is 19.1. The number of carbonyl (C=O) groups is 1. The highest BCUT2D eigenvalue weighted by Gasteiger charge is 2.37. The largest absolute Gasteiger partial charge is 0.334 e. The number of rotatable bonds is 5. The molecule has 2 amide bonds. The maximum Gasteiger partial charge on any atom is 0.318 e. The van der Waals surface area contributed by atoms with Gasteiger partial charge >= 0.3 is 6.03 Å². The third kappa shape index (κ3) is 4.82. The van der Waals surface area contributed by atoms with Gasteiger partial charge in [0.1, 0.15) is 0 Å². The van der Waals surface area contributed by atoms with Crippen molar-refractivity contribution in [2.24, 2.45) is 0 Å². The molecule has 0 aromatic heterocycles. The van der Waals surface area contributed by atoms with Crippen molar-refractivity contribution in [2.45, 2.75) is 37.9 Å². The van der Waals surface area contributed by atoms with E-state index in [1.807, 2.05) is 35.2 Å². The van der Waals surface area contributed by atoms with Crippen LogP contribution in [0.3, 0.4) is 0 Å². The molecule has 0 spiro atoms. The SMILES string of the molecule is O=C(NCc1ccc(Cl)cc1)N1CCN(C2CC2)CC1Cc1ccccc1. The Balaban J connectivity index is 1.41. The number of urea groups is 1. The molecule has 1 unspecified atom stereocenters.